The van der Waals surface area contributed by atoms with Crippen molar-refractivity contribution < 1.29 is 15.1 Å². The molecule has 1 rings (SSSR count). The summed E-state index contributed by atoms with van der Waals surface area (Å²) in [4.78, 5) is 13.8. The third-order valence-corrected chi connectivity index (χ3v) is 2.07. The number of rotatable bonds is 5. The number of hydrogen-bond acceptors (Lipinski definition) is 6. The van der Waals surface area contributed by atoms with Crippen molar-refractivity contribution in [2.75, 3.05) is 18.5 Å². The summed E-state index contributed by atoms with van der Waals surface area (Å²) in [7, 11) is 0. The van der Waals surface area contributed by atoms with Gasteiger partial charge in [-0.05, 0) is 13.0 Å². The van der Waals surface area contributed by atoms with Gasteiger partial charge in [-0.3, -0.25) is 10.1 Å². The average molecular weight is 227 g/mol. The summed E-state index contributed by atoms with van der Waals surface area (Å²) in [5.74, 6) is 0.385. The predicted octanol–water partition coefficient (Wildman–Crippen LogP) is 0.0633. The van der Waals surface area contributed by atoms with Crippen LogP contribution in [0, 0.1) is 17.0 Å². The molecule has 0 bridgehead atoms. The Balaban J connectivity index is 2.84. The number of aryl methyl sites for hydroxylation is 1. The standard InChI is InChI=1S/C9H13N3O4/c1-6-2-9(11-7(4-13)5-14)10-3-8(6)12(15)16/h2-3,7,13-14H,4-5H2,1H3,(H,10,11). The largest absolute Gasteiger partial charge is 0.394 e. The number of aliphatic hydroxyl groups excluding tert-OH is 2. The maximum absolute atomic E-state index is 10.5. The van der Waals surface area contributed by atoms with E-state index in [0.29, 0.717) is 11.4 Å². The van der Waals surface area contributed by atoms with Gasteiger partial charge in [0.15, 0.2) is 0 Å². The van der Waals surface area contributed by atoms with Crippen LogP contribution >= 0.6 is 0 Å². The van der Waals surface area contributed by atoms with Crippen molar-refractivity contribution in [1.82, 2.24) is 4.98 Å². The number of aliphatic hydroxyl groups is 2. The highest BCUT2D eigenvalue weighted by atomic mass is 16.6. The van der Waals surface area contributed by atoms with Crippen LogP contribution in [0.15, 0.2) is 12.3 Å². The highest BCUT2D eigenvalue weighted by Crippen LogP contribution is 2.19. The number of pyridine rings is 1. The Bertz CT molecular complexity index is 379. The molecule has 7 nitrogen and oxygen atoms in total. The number of nitrogens with zero attached hydrogens (tertiary/aromatic N) is 2. The van der Waals surface area contributed by atoms with Crippen molar-refractivity contribution >= 4 is 11.5 Å². The van der Waals surface area contributed by atoms with E-state index < -0.39 is 11.0 Å². The molecule has 0 saturated heterocycles. The summed E-state index contributed by atoms with van der Waals surface area (Å²) >= 11 is 0. The van der Waals surface area contributed by atoms with Gasteiger partial charge in [0.2, 0.25) is 0 Å². The van der Waals surface area contributed by atoms with Gasteiger partial charge in [0.25, 0.3) is 5.69 Å². The second-order valence-corrected chi connectivity index (χ2v) is 3.32. The molecule has 0 aliphatic heterocycles. The van der Waals surface area contributed by atoms with E-state index in [9.17, 15) is 10.1 Å². The topological polar surface area (TPSA) is 109 Å². The SMILES string of the molecule is Cc1cc(NC(CO)CO)ncc1[N+](=O)[O-]. The van der Waals surface area contributed by atoms with Gasteiger partial charge in [0, 0.05) is 5.56 Å². The number of anilines is 1. The summed E-state index contributed by atoms with van der Waals surface area (Å²) < 4.78 is 0. The lowest BCUT2D eigenvalue weighted by Gasteiger charge is -2.13. The Hall–Kier alpha value is -1.73. The molecule has 0 fully saturated rings. The maximum atomic E-state index is 10.5. The van der Waals surface area contributed by atoms with E-state index in [-0.39, 0.29) is 18.9 Å². The van der Waals surface area contributed by atoms with Gasteiger partial charge in [0.1, 0.15) is 12.0 Å². The van der Waals surface area contributed by atoms with Gasteiger partial charge in [0.05, 0.1) is 24.2 Å². The lowest BCUT2D eigenvalue weighted by Crippen LogP contribution is -2.28. The van der Waals surface area contributed by atoms with Crippen LogP contribution in [0.2, 0.25) is 0 Å². The molecule has 0 atom stereocenters. The van der Waals surface area contributed by atoms with Crippen LogP contribution in [0.4, 0.5) is 11.5 Å². The zero-order valence-corrected chi connectivity index (χ0v) is 8.75. The molecule has 0 spiro atoms. The Labute approximate surface area is 91.9 Å². The molecule has 7 heteroatoms. The highest BCUT2D eigenvalue weighted by Gasteiger charge is 2.13. The molecule has 0 aliphatic rings. The fourth-order valence-electron chi connectivity index (χ4n) is 1.18. The minimum Gasteiger partial charge on any atom is -0.394 e. The van der Waals surface area contributed by atoms with Gasteiger partial charge in [-0.25, -0.2) is 4.98 Å². The number of aromatic nitrogens is 1. The van der Waals surface area contributed by atoms with Crippen molar-refractivity contribution in [1.29, 1.82) is 0 Å². The molecule has 0 aliphatic carbocycles. The summed E-state index contributed by atoms with van der Waals surface area (Å²) in [5.41, 5.74) is 0.409. The molecule has 0 amide bonds. The summed E-state index contributed by atoms with van der Waals surface area (Å²) in [6, 6.07) is 0.976. The molecule has 1 aromatic heterocycles. The Morgan fingerprint density at radius 1 is 1.56 bits per heavy atom. The first-order valence-corrected chi connectivity index (χ1v) is 4.67. The minimum absolute atomic E-state index is 0.0601. The van der Waals surface area contributed by atoms with Crippen LogP contribution in [0.1, 0.15) is 5.56 Å². The minimum atomic E-state index is -0.520. The van der Waals surface area contributed by atoms with E-state index in [1.165, 1.54) is 6.07 Å². The van der Waals surface area contributed by atoms with Crippen LogP contribution in [0.5, 0.6) is 0 Å². The van der Waals surface area contributed by atoms with Gasteiger partial charge >= 0.3 is 0 Å². The van der Waals surface area contributed by atoms with Gasteiger partial charge < -0.3 is 15.5 Å². The first-order chi connectivity index (χ1) is 7.58. The lowest BCUT2D eigenvalue weighted by molar-refractivity contribution is -0.385. The summed E-state index contributed by atoms with van der Waals surface area (Å²) in [5, 5.41) is 31.0. The molecule has 0 saturated carbocycles. The zero-order chi connectivity index (χ0) is 12.1. The molecule has 0 unspecified atom stereocenters. The predicted molar refractivity (Wildman–Crippen MR) is 57.2 cm³/mol. The second-order valence-electron chi connectivity index (χ2n) is 3.32. The molecule has 1 aromatic rings. The lowest BCUT2D eigenvalue weighted by atomic mass is 10.2. The molecule has 0 radical (unpaired) electrons. The fraction of sp³-hybridized carbons (Fsp3) is 0.444. The number of nitro groups is 1. The monoisotopic (exact) mass is 227 g/mol. The van der Waals surface area contributed by atoms with Crippen LogP contribution in [0.25, 0.3) is 0 Å². The second kappa shape index (κ2) is 5.38. The third kappa shape index (κ3) is 2.88. The fourth-order valence-corrected chi connectivity index (χ4v) is 1.18. The quantitative estimate of drug-likeness (QED) is 0.485. The molecule has 16 heavy (non-hydrogen) atoms. The van der Waals surface area contributed by atoms with Gasteiger partial charge in [-0.15, -0.1) is 0 Å². The number of hydrogen-bond donors (Lipinski definition) is 3. The van der Waals surface area contributed by atoms with Gasteiger partial charge in [-0.1, -0.05) is 0 Å². The van der Waals surface area contributed by atoms with E-state index >= 15 is 0 Å². The van der Waals surface area contributed by atoms with E-state index in [4.69, 9.17) is 10.2 Å². The smallest absolute Gasteiger partial charge is 0.290 e. The van der Waals surface area contributed by atoms with Crippen LogP contribution in [0.3, 0.4) is 0 Å². The molecular formula is C9H13N3O4. The van der Waals surface area contributed by atoms with Crippen molar-refractivity contribution in [3.63, 3.8) is 0 Å². The first kappa shape index (κ1) is 12.3. The molecule has 1 heterocycles. The molecular weight excluding hydrogens is 214 g/mol. The van der Waals surface area contributed by atoms with E-state index in [1.807, 2.05) is 0 Å². The zero-order valence-electron chi connectivity index (χ0n) is 8.75. The normalized spacial score (nSPS) is 10.5. The average Bonchev–Trinajstić information content (AvgIpc) is 2.25. The van der Waals surface area contributed by atoms with Crippen molar-refractivity contribution in [2.45, 2.75) is 13.0 Å². The van der Waals surface area contributed by atoms with Crippen LogP contribution in [-0.2, 0) is 0 Å². The maximum Gasteiger partial charge on any atom is 0.290 e. The number of nitrogens with one attached hydrogen (secondary N) is 1. The molecule has 88 valence electrons. The van der Waals surface area contributed by atoms with Crippen LogP contribution in [-0.4, -0.2) is 39.4 Å². The summed E-state index contributed by atoms with van der Waals surface area (Å²) in [6.45, 7) is 1.11. The van der Waals surface area contributed by atoms with E-state index in [2.05, 4.69) is 10.3 Å². The van der Waals surface area contributed by atoms with Crippen molar-refractivity contribution in [2.24, 2.45) is 0 Å². The third-order valence-electron chi connectivity index (χ3n) is 2.07. The molecule has 3 N–H and O–H groups in total. The first-order valence-electron chi connectivity index (χ1n) is 4.67. The highest BCUT2D eigenvalue weighted by molar-refractivity contribution is 5.47. The van der Waals surface area contributed by atoms with Gasteiger partial charge in [-0.2, -0.15) is 0 Å². The van der Waals surface area contributed by atoms with Crippen molar-refractivity contribution in [3.05, 3.63) is 27.9 Å². The Morgan fingerprint density at radius 3 is 2.62 bits per heavy atom. The summed E-state index contributed by atoms with van der Waals surface area (Å²) in [6.07, 6.45) is 1.14. The Morgan fingerprint density at radius 2 is 2.19 bits per heavy atom. The van der Waals surface area contributed by atoms with Crippen molar-refractivity contribution in [3.8, 4) is 0 Å². The van der Waals surface area contributed by atoms with E-state index in [0.717, 1.165) is 6.20 Å². The Kier molecular flexibility index (Phi) is 4.15. The molecule has 0 aromatic carbocycles. The van der Waals surface area contributed by atoms with Crippen LogP contribution < -0.4 is 5.32 Å². The van der Waals surface area contributed by atoms with E-state index in [1.54, 1.807) is 6.92 Å².